The van der Waals surface area contributed by atoms with Crippen LogP contribution in [0.15, 0.2) is 0 Å². The van der Waals surface area contributed by atoms with Gasteiger partial charge in [0.1, 0.15) is 6.10 Å². The monoisotopic (exact) mass is 240 g/mol. The van der Waals surface area contributed by atoms with Crippen LogP contribution in [0.5, 0.6) is 0 Å². The molecule has 2 saturated carbocycles. The lowest BCUT2D eigenvalue weighted by atomic mass is 9.93. The molecule has 4 heteroatoms. The van der Waals surface area contributed by atoms with E-state index in [-0.39, 0.29) is 18.2 Å². The third-order valence-corrected chi connectivity index (χ3v) is 3.94. The highest BCUT2D eigenvalue weighted by Crippen LogP contribution is 2.21. The number of hydrogen-bond acceptors (Lipinski definition) is 3. The van der Waals surface area contributed by atoms with Gasteiger partial charge in [-0.25, -0.2) is 4.79 Å². The summed E-state index contributed by atoms with van der Waals surface area (Å²) in [4.78, 5) is 11.7. The molecule has 4 nitrogen and oxygen atoms in total. The number of nitrogens with two attached hydrogens (primary N) is 1. The van der Waals surface area contributed by atoms with Crippen molar-refractivity contribution >= 4 is 6.09 Å². The second-order valence-corrected chi connectivity index (χ2v) is 5.37. The van der Waals surface area contributed by atoms with Gasteiger partial charge in [-0.15, -0.1) is 0 Å². The van der Waals surface area contributed by atoms with Gasteiger partial charge in [0.15, 0.2) is 0 Å². The Hall–Kier alpha value is -0.770. The minimum absolute atomic E-state index is 0.0286. The summed E-state index contributed by atoms with van der Waals surface area (Å²) in [6.07, 6.45) is 9.73. The molecule has 2 fully saturated rings. The Morgan fingerprint density at radius 2 is 1.65 bits per heavy atom. The molecule has 0 heterocycles. The number of carbonyl (C=O) groups excluding carboxylic acids is 1. The van der Waals surface area contributed by atoms with E-state index in [1.807, 2.05) is 0 Å². The van der Waals surface area contributed by atoms with Crippen LogP contribution >= 0.6 is 0 Å². The zero-order valence-corrected chi connectivity index (χ0v) is 10.5. The first-order valence-electron chi connectivity index (χ1n) is 6.98. The lowest BCUT2D eigenvalue weighted by Crippen LogP contribution is -2.45. The van der Waals surface area contributed by atoms with Crippen molar-refractivity contribution in [3.05, 3.63) is 0 Å². The Kier molecular flexibility index (Phi) is 4.66. The molecule has 2 atom stereocenters. The Morgan fingerprint density at radius 1 is 1.00 bits per heavy atom. The maximum Gasteiger partial charge on any atom is 0.407 e. The predicted octanol–water partition coefficient (Wildman–Crippen LogP) is 2.32. The lowest BCUT2D eigenvalue weighted by Gasteiger charge is -2.29. The average Bonchev–Trinajstić information content (AvgIpc) is 2.33. The standard InChI is InChI=1S/C13H24N2O2/c14-11-8-4-5-9-12(11)17-13(16)15-10-6-2-1-3-7-10/h10-12H,1-9,14H2,(H,15,16). The Morgan fingerprint density at radius 3 is 2.35 bits per heavy atom. The van der Waals surface area contributed by atoms with Crippen molar-refractivity contribution in [3.8, 4) is 0 Å². The zero-order chi connectivity index (χ0) is 12.1. The summed E-state index contributed by atoms with van der Waals surface area (Å²) in [6.45, 7) is 0. The molecule has 98 valence electrons. The fraction of sp³-hybridized carbons (Fsp3) is 0.923. The second-order valence-electron chi connectivity index (χ2n) is 5.37. The number of carbonyl (C=O) groups is 1. The highest BCUT2D eigenvalue weighted by molar-refractivity contribution is 5.67. The van der Waals surface area contributed by atoms with Gasteiger partial charge < -0.3 is 15.8 Å². The molecular weight excluding hydrogens is 216 g/mol. The molecule has 2 rings (SSSR count). The van der Waals surface area contributed by atoms with Crippen LogP contribution in [-0.4, -0.2) is 24.3 Å². The maximum absolute atomic E-state index is 11.7. The van der Waals surface area contributed by atoms with E-state index >= 15 is 0 Å². The van der Waals surface area contributed by atoms with Crippen LogP contribution < -0.4 is 11.1 Å². The molecule has 0 aliphatic heterocycles. The van der Waals surface area contributed by atoms with Crippen LogP contribution in [0, 0.1) is 0 Å². The van der Waals surface area contributed by atoms with E-state index < -0.39 is 0 Å². The summed E-state index contributed by atoms with van der Waals surface area (Å²) in [6, 6.07) is 0.344. The van der Waals surface area contributed by atoms with Gasteiger partial charge >= 0.3 is 6.09 Å². The molecule has 0 aromatic carbocycles. The maximum atomic E-state index is 11.7. The normalized spacial score (nSPS) is 30.9. The van der Waals surface area contributed by atoms with Crippen molar-refractivity contribution in [3.63, 3.8) is 0 Å². The minimum atomic E-state index is -0.265. The summed E-state index contributed by atoms with van der Waals surface area (Å²) in [5, 5.41) is 2.97. The van der Waals surface area contributed by atoms with Gasteiger partial charge in [0.05, 0.1) is 0 Å². The van der Waals surface area contributed by atoms with Crippen molar-refractivity contribution in [1.82, 2.24) is 5.32 Å². The smallest absolute Gasteiger partial charge is 0.407 e. The Bertz CT molecular complexity index is 252. The van der Waals surface area contributed by atoms with E-state index in [1.54, 1.807) is 0 Å². The molecule has 0 aromatic heterocycles. The van der Waals surface area contributed by atoms with Gasteiger partial charge in [-0.1, -0.05) is 25.7 Å². The first-order chi connectivity index (χ1) is 8.25. The Labute approximate surface area is 103 Å². The van der Waals surface area contributed by atoms with Crippen LogP contribution in [0.1, 0.15) is 57.8 Å². The minimum Gasteiger partial charge on any atom is -0.445 e. The summed E-state index contributed by atoms with van der Waals surface area (Å²) in [5.41, 5.74) is 5.96. The van der Waals surface area contributed by atoms with Gasteiger partial charge in [-0.2, -0.15) is 0 Å². The van der Waals surface area contributed by atoms with Gasteiger partial charge in [-0.05, 0) is 32.1 Å². The fourth-order valence-corrected chi connectivity index (χ4v) is 2.86. The Balaban J connectivity index is 1.72. The van der Waals surface area contributed by atoms with E-state index in [9.17, 15) is 4.79 Å². The lowest BCUT2D eigenvalue weighted by molar-refractivity contribution is 0.0594. The van der Waals surface area contributed by atoms with Crippen LogP contribution in [0.4, 0.5) is 4.79 Å². The zero-order valence-electron chi connectivity index (χ0n) is 10.5. The van der Waals surface area contributed by atoms with Crippen molar-refractivity contribution in [1.29, 1.82) is 0 Å². The van der Waals surface area contributed by atoms with E-state index in [4.69, 9.17) is 10.5 Å². The topological polar surface area (TPSA) is 64.3 Å². The van der Waals surface area contributed by atoms with Gasteiger partial charge in [0, 0.05) is 12.1 Å². The second kappa shape index (κ2) is 6.24. The van der Waals surface area contributed by atoms with Crippen molar-refractivity contribution < 1.29 is 9.53 Å². The molecule has 1 amide bonds. The predicted molar refractivity (Wildman–Crippen MR) is 66.7 cm³/mol. The molecule has 0 saturated heterocycles. The van der Waals surface area contributed by atoms with Gasteiger partial charge in [0.2, 0.25) is 0 Å². The molecular formula is C13H24N2O2. The number of amides is 1. The molecule has 0 bridgehead atoms. The number of nitrogens with one attached hydrogen (secondary N) is 1. The quantitative estimate of drug-likeness (QED) is 0.778. The number of hydrogen-bond donors (Lipinski definition) is 2. The highest BCUT2D eigenvalue weighted by Gasteiger charge is 2.26. The van der Waals surface area contributed by atoms with Crippen molar-refractivity contribution in [2.45, 2.75) is 76.0 Å². The van der Waals surface area contributed by atoms with E-state index in [1.165, 1.54) is 19.3 Å². The molecule has 0 radical (unpaired) electrons. The van der Waals surface area contributed by atoms with Gasteiger partial charge in [0.25, 0.3) is 0 Å². The first kappa shape index (κ1) is 12.7. The first-order valence-corrected chi connectivity index (χ1v) is 6.98. The number of rotatable bonds is 2. The van der Waals surface area contributed by atoms with Crippen LogP contribution in [0.2, 0.25) is 0 Å². The molecule has 0 aromatic rings. The molecule has 2 unspecified atom stereocenters. The molecule has 3 N–H and O–H groups in total. The van der Waals surface area contributed by atoms with Crippen molar-refractivity contribution in [2.24, 2.45) is 5.73 Å². The van der Waals surface area contributed by atoms with E-state index in [0.29, 0.717) is 6.04 Å². The summed E-state index contributed by atoms with van der Waals surface area (Å²) >= 11 is 0. The fourth-order valence-electron chi connectivity index (χ4n) is 2.86. The third kappa shape index (κ3) is 3.87. The number of alkyl carbamates (subject to hydrolysis) is 1. The molecule has 0 spiro atoms. The van der Waals surface area contributed by atoms with Crippen LogP contribution in [0.3, 0.4) is 0 Å². The largest absolute Gasteiger partial charge is 0.445 e. The van der Waals surface area contributed by atoms with E-state index in [0.717, 1.165) is 38.5 Å². The summed E-state index contributed by atoms with van der Waals surface area (Å²) in [5.74, 6) is 0. The molecule has 2 aliphatic carbocycles. The third-order valence-electron chi connectivity index (χ3n) is 3.94. The average molecular weight is 240 g/mol. The highest BCUT2D eigenvalue weighted by atomic mass is 16.6. The van der Waals surface area contributed by atoms with E-state index in [2.05, 4.69) is 5.32 Å². The van der Waals surface area contributed by atoms with Crippen molar-refractivity contribution in [2.75, 3.05) is 0 Å². The van der Waals surface area contributed by atoms with Crippen LogP contribution in [0.25, 0.3) is 0 Å². The number of ether oxygens (including phenoxy) is 1. The summed E-state index contributed by atoms with van der Waals surface area (Å²) in [7, 11) is 0. The summed E-state index contributed by atoms with van der Waals surface area (Å²) < 4.78 is 5.43. The van der Waals surface area contributed by atoms with Gasteiger partial charge in [-0.3, -0.25) is 0 Å². The van der Waals surface area contributed by atoms with Crippen LogP contribution in [-0.2, 0) is 4.74 Å². The SMILES string of the molecule is NC1CCCCC1OC(=O)NC1CCCCC1. The molecule has 17 heavy (non-hydrogen) atoms. The molecule has 2 aliphatic rings.